The van der Waals surface area contributed by atoms with Crippen molar-refractivity contribution in [3.05, 3.63) is 29.3 Å². The molecule has 0 saturated heterocycles. The molecular weight excluding hydrogens is 264 g/mol. The highest BCUT2D eigenvalue weighted by Gasteiger charge is 2.12. The third-order valence-corrected chi connectivity index (χ3v) is 3.73. The monoisotopic (exact) mass is 284 g/mol. The molecule has 0 aliphatic rings. The molecule has 0 amide bonds. The molecular formula is C14H21BrO. The van der Waals surface area contributed by atoms with Crippen LogP contribution in [0.2, 0.25) is 0 Å². The quantitative estimate of drug-likeness (QED) is 0.526. The zero-order valence-corrected chi connectivity index (χ0v) is 12.0. The van der Waals surface area contributed by atoms with Gasteiger partial charge in [0.25, 0.3) is 0 Å². The van der Waals surface area contributed by atoms with Crippen LogP contribution < -0.4 is 4.74 Å². The summed E-state index contributed by atoms with van der Waals surface area (Å²) in [6.45, 7) is 4.35. The summed E-state index contributed by atoms with van der Waals surface area (Å²) < 4.78 is 5.40. The van der Waals surface area contributed by atoms with Crippen LogP contribution >= 0.6 is 15.9 Å². The Labute approximate surface area is 107 Å². The SMILES string of the molecule is CCCCCC(Br)c1cc(C)ccc1OC. The lowest BCUT2D eigenvalue weighted by molar-refractivity contribution is 0.408. The number of aryl methyl sites for hydroxylation is 1. The summed E-state index contributed by atoms with van der Waals surface area (Å²) in [4.78, 5) is 0.411. The molecule has 1 rings (SSSR count). The van der Waals surface area contributed by atoms with E-state index in [1.165, 1.54) is 36.8 Å². The number of unbranched alkanes of at least 4 members (excludes halogenated alkanes) is 2. The van der Waals surface area contributed by atoms with Crippen molar-refractivity contribution in [1.29, 1.82) is 0 Å². The number of hydrogen-bond donors (Lipinski definition) is 0. The number of alkyl halides is 1. The van der Waals surface area contributed by atoms with Gasteiger partial charge in [-0.3, -0.25) is 0 Å². The highest BCUT2D eigenvalue weighted by Crippen LogP contribution is 2.35. The number of methoxy groups -OCH3 is 1. The summed E-state index contributed by atoms with van der Waals surface area (Å²) in [6.07, 6.45) is 5.01. The van der Waals surface area contributed by atoms with Crippen molar-refractivity contribution >= 4 is 15.9 Å². The maximum Gasteiger partial charge on any atom is 0.123 e. The maximum absolute atomic E-state index is 5.40. The minimum atomic E-state index is 0.411. The zero-order valence-electron chi connectivity index (χ0n) is 10.4. The van der Waals surface area contributed by atoms with Gasteiger partial charge in [0.15, 0.2) is 0 Å². The predicted octanol–water partition coefficient (Wildman–Crippen LogP) is 5.02. The minimum Gasteiger partial charge on any atom is -0.496 e. The molecule has 1 atom stereocenters. The van der Waals surface area contributed by atoms with Gasteiger partial charge in [0, 0.05) is 10.4 Å². The van der Waals surface area contributed by atoms with Crippen molar-refractivity contribution < 1.29 is 4.74 Å². The fourth-order valence-electron chi connectivity index (χ4n) is 1.83. The molecule has 1 nitrogen and oxygen atoms in total. The number of benzene rings is 1. The topological polar surface area (TPSA) is 9.23 Å². The third kappa shape index (κ3) is 3.82. The van der Waals surface area contributed by atoms with E-state index < -0.39 is 0 Å². The average molecular weight is 285 g/mol. The number of hydrogen-bond acceptors (Lipinski definition) is 1. The van der Waals surface area contributed by atoms with Crippen LogP contribution in [0.4, 0.5) is 0 Å². The van der Waals surface area contributed by atoms with Gasteiger partial charge in [-0.05, 0) is 19.4 Å². The lowest BCUT2D eigenvalue weighted by Gasteiger charge is -2.14. The summed E-state index contributed by atoms with van der Waals surface area (Å²) in [6, 6.07) is 6.36. The standard InChI is InChI=1S/C14H21BrO/c1-4-5-6-7-13(15)12-10-11(2)8-9-14(12)16-3/h8-10,13H,4-7H2,1-3H3. The molecule has 0 spiro atoms. The van der Waals surface area contributed by atoms with Gasteiger partial charge in [-0.2, -0.15) is 0 Å². The van der Waals surface area contributed by atoms with E-state index in [0.717, 1.165) is 5.75 Å². The van der Waals surface area contributed by atoms with Crippen LogP contribution in [0.25, 0.3) is 0 Å². The molecule has 0 N–H and O–H groups in total. The largest absolute Gasteiger partial charge is 0.496 e. The summed E-state index contributed by atoms with van der Waals surface area (Å²) in [5, 5.41) is 0. The molecule has 1 unspecified atom stereocenters. The number of rotatable bonds is 6. The Balaban J connectivity index is 2.72. The molecule has 0 fully saturated rings. The van der Waals surface area contributed by atoms with E-state index >= 15 is 0 Å². The van der Waals surface area contributed by atoms with Crippen molar-refractivity contribution in [3.8, 4) is 5.75 Å². The van der Waals surface area contributed by atoms with E-state index in [1.54, 1.807) is 7.11 Å². The second kappa shape index (κ2) is 6.95. The summed E-state index contributed by atoms with van der Waals surface area (Å²) in [5.41, 5.74) is 2.56. The smallest absolute Gasteiger partial charge is 0.123 e. The summed E-state index contributed by atoms with van der Waals surface area (Å²) >= 11 is 3.76. The van der Waals surface area contributed by atoms with Crippen molar-refractivity contribution in [2.45, 2.75) is 44.4 Å². The van der Waals surface area contributed by atoms with Crippen LogP contribution in [-0.2, 0) is 0 Å². The first-order valence-corrected chi connectivity index (χ1v) is 6.89. The maximum atomic E-state index is 5.40. The van der Waals surface area contributed by atoms with E-state index in [4.69, 9.17) is 4.74 Å². The molecule has 0 radical (unpaired) electrons. The second-order valence-corrected chi connectivity index (χ2v) is 5.31. The first-order valence-electron chi connectivity index (χ1n) is 5.97. The van der Waals surface area contributed by atoms with Gasteiger partial charge >= 0.3 is 0 Å². The Morgan fingerprint density at radius 2 is 2.06 bits per heavy atom. The van der Waals surface area contributed by atoms with Crippen LogP contribution in [0.1, 0.15) is 48.6 Å². The van der Waals surface area contributed by atoms with Crippen molar-refractivity contribution in [2.75, 3.05) is 7.11 Å². The number of ether oxygens (including phenoxy) is 1. The lowest BCUT2D eigenvalue weighted by atomic mass is 10.0. The fourth-order valence-corrected chi connectivity index (χ4v) is 2.51. The van der Waals surface area contributed by atoms with Crippen LogP contribution in [0.5, 0.6) is 5.75 Å². The highest BCUT2D eigenvalue weighted by molar-refractivity contribution is 9.09. The van der Waals surface area contributed by atoms with Crippen LogP contribution in [0, 0.1) is 6.92 Å². The average Bonchev–Trinajstić information content (AvgIpc) is 2.29. The lowest BCUT2D eigenvalue weighted by Crippen LogP contribution is -1.96. The van der Waals surface area contributed by atoms with Crippen molar-refractivity contribution in [2.24, 2.45) is 0 Å². The normalized spacial score (nSPS) is 12.5. The Kier molecular flexibility index (Phi) is 5.89. The molecule has 2 heteroatoms. The summed E-state index contributed by atoms with van der Waals surface area (Å²) in [5.74, 6) is 0.990. The van der Waals surface area contributed by atoms with Crippen molar-refractivity contribution in [3.63, 3.8) is 0 Å². The van der Waals surface area contributed by atoms with Gasteiger partial charge in [0.2, 0.25) is 0 Å². The minimum absolute atomic E-state index is 0.411. The first-order chi connectivity index (χ1) is 7.69. The molecule has 0 saturated carbocycles. The van der Waals surface area contributed by atoms with Gasteiger partial charge in [-0.1, -0.05) is 59.8 Å². The summed E-state index contributed by atoms with van der Waals surface area (Å²) in [7, 11) is 1.74. The van der Waals surface area contributed by atoms with E-state index in [0.29, 0.717) is 4.83 Å². The van der Waals surface area contributed by atoms with E-state index in [-0.39, 0.29) is 0 Å². The molecule has 0 aliphatic carbocycles. The van der Waals surface area contributed by atoms with Crippen LogP contribution in [0.3, 0.4) is 0 Å². The Morgan fingerprint density at radius 1 is 1.31 bits per heavy atom. The van der Waals surface area contributed by atoms with E-state index in [1.807, 2.05) is 0 Å². The van der Waals surface area contributed by atoms with Gasteiger partial charge in [0.05, 0.1) is 7.11 Å². The van der Waals surface area contributed by atoms with E-state index in [9.17, 15) is 0 Å². The highest BCUT2D eigenvalue weighted by atomic mass is 79.9. The molecule has 0 heterocycles. The molecule has 0 aromatic heterocycles. The molecule has 90 valence electrons. The van der Waals surface area contributed by atoms with E-state index in [2.05, 4.69) is 48.0 Å². The fraction of sp³-hybridized carbons (Fsp3) is 0.571. The van der Waals surface area contributed by atoms with Crippen LogP contribution in [0.15, 0.2) is 18.2 Å². The second-order valence-electron chi connectivity index (χ2n) is 4.21. The van der Waals surface area contributed by atoms with Crippen molar-refractivity contribution in [1.82, 2.24) is 0 Å². The Bertz CT molecular complexity index is 323. The molecule has 16 heavy (non-hydrogen) atoms. The van der Waals surface area contributed by atoms with Gasteiger partial charge in [-0.25, -0.2) is 0 Å². The Hall–Kier alpha value is -0.500. The van der Waals surface area contributed by atoms with Crippen LogP contribution in [-0.4, -0.2) is 7.11 Å². The zero-order chi connectivity index (χ0) is 12.0. The van der Waals surface area contributed by atoms with Gasteiger partial charge in [0.1, 0.15) is 5.75 Å². The molecule has 1 aromatic carbocycles. The Morgan fingerprint density at radius 3 is 2.69 bits per heavy atom. The first kappa shape index (κ1) is 13.6. The molecule has 0 aliphatic heterocycles. The van der Waals surface area contributed by atoms with Gasteiger partial charge in [-0.15, -0.1) is 0 Å². The number of halogens is 1. The molecule has 1 aromatic rings. The predicted molar refractivity (Wildman–Crippen MR) is 73.5 cm³/mol. The molecule has 0 bridgehead atoms. The third-order valence-electron chi connectivity index (χ3n) is 2.78. The van der Waals surface area contributed by atoms with Gasteiger partial charge < -0.3 is 4.74 Å².